The van der Waals surface area contributed by atoms with Gasteiger partial charge >= 0.3 is 0 Å². The van der Waals surface area contributed by atoms with Crippen molar-refractivity contribution in [2.75, 3.05) is 26.8 Å². The van der Waals surface area contributed by atoms with Gasteiger partial charge in [0.25, 0.3) is 0 Å². The topological polar surface area (TPSA) is 29.5 Å². The third-order valence-corrected chi connectivity index (χ3v) is 1.57. The standard InChI is InChI=1S/C9H17NO2/c1-4-6-9(11)10(5-2)7-8-12-3/h4,6H,5,7-8H2,1-3H3/b6-4+. The van der Waals surface area contributed by atoms with Crippen molar-refractivity contribution < 1.29 is 9.53 Å². The predicted molar refractivity (Wildman–Crippen MR) is 48.9 cm³/mol. The van der Waals surface area contributed by atoms with Gasteiger partial charge in [-0.3, -0.25) is 4.79 Å². The molecule has 3 nitrogen and oxygen atoms in total. The van der Waals surface area contributed by atoms with Gasteiger partial charge in [0.2, 0.25) is 5.91 Å². The summed E-state index contributed by atoms with van der Waals surface area (Å²) in [6, 6.07) is 0. The molecule has 0 N–H and O–H groups in total. The zero-order valence-corrected chi connectivity index (χ0v) is 8.04. The Morgan fingerprint density at radius 2 is 2.25 bits per heavy atom. The maximum absolute atomic E-state index is 11.3. The van der Waals surface area contributed by atoms with Gasteiger partial charge in [0.1, 0.15) is 0 Å². The number of ether oxygens (including phenoxy) is 1. The van der Waals surface area contributed by atoms with E-state index in [1.807, 2.05) is 13.8 Å². The van der Waals surface area contributed by atoms with E-state index in [0.717, 1.165) is 6.54 Å². The number of nitrogens with zero attached hydrogens (tertiary/aromatic N) is 1. The zero-order chi connectivity index (χ0) is 9.40. The zero-order valence-electron chi connectivity index (χ0n) is 8.04. The maximum atomic E-state index is 11.3. The smallest absolute Gasteiger partial charge is 0.246 e. The van der Waals surface area contributed by atoms with Crippen LogP contribution in [0, 0.1) is 0 Å². The van der Waals surface area contributed by atoms with Crippen LogP contribution in [0.25, 0.3) is 0 Å². The van der Waals surface area contributed by atoms with E-state index >= 15 is 0 Å². The molecule has 0 heterocycles. The Bertz CT molecular complexity index is 155. The summed E-state index contributed by atoms with van der Waals surface area (Å²) in [7, 11) is 1.63. The number of likely N-dealkylation sites (N-methyl/N-ethyl adjacent to an activating group) is 1. The van der Waals surface area contributed by atoms with Gasteiger partial charge in [-0.25, -0.2) is 0 Å². The van der Waals surface area contributed by atoms with Gasteiger partial charge in [-0.15, -0.1) is 0 Å². The van der Waals surface area contributed by atoms with E-state index < -0.39 is 0 Å². The van der Waals surface area contributed by atoms with Gasteiger partial charge in [0, 0.05) is 20.2 Å². The molecule has 0 aromatic rings. The molecule has 0 rings (SSSR count). The van der Waals surface area contributed by atoms with Crippen LogP contribution in [-0.4, -0.2) is 37.6 Å². The Morgan fingerprint density at radius 1 is 1.58 bits per heavy atom. The summed E-state index contributed by atoms with van der Waals surface area (Å²) in [5, 5.41) is 0. The highest BCUT2D eigenvalue weighted by Gasteiger charge is 2.05. The van der Waals surface area contributed by atoms with E-state index in [0.29, 0.717) is 13.2 Å². The first kappa shape index (κ1) is 11.2. The number of carbonyl (C=O) groups excluding carboxylic acids is 1. The summed E-state index contributed by atoms with van der Waals surface area (Å²) >= 11 is 0. The number of carbonyl (C=O) groups is 1. The first-order valence-electron chi connectivity index (χ1n) is 4.16. The molecular formula is C9H17NO2. The summed E-state index contributed by atoms with van der Waals surface area (Å²) in [6.07, 6.45) is 3.32. The van der Waals surface area contributed by atoms with Gasteiger partial charge in [-0.05, 0) is 19.9 Å². The third kappa shape index (κ3) is 4.13. The summed E-state index contributed by atoms with van der Waals surface area (Å²) in [5.74, 6) is 0.0528. The second kappa shape index (κ2) is 6.85. The fourth-order valence-electron chi connectivity index (χ4n) is 0.874. The molecule has 0 saturated carbocycles. The van der Waals surface area contributed by atoms with Gasteiger partial charge in [0.15, 0.2) is 0 Å². The number of hydrogen-bond acceptors (Lipinski definition) is 2. The molecule has 0 spiro atoms. The largest absolute Gasteiger partial charge is 0.383 e. The minimum absolute atomic E-state index is 0.0528. The van der Waals surface area contributed by atoms with Crippen LogP contribution in [-0.2, 0) is 9.53 Å². The summed E-state index contributed by atoms with van der Waals surface area (Å²) in [5.41, 5.74) is 0. The van der Waals surface area contributed by atoms with E-state index in [1.165, 1.54) is 0 Å². The number of hydrogen-bond donors (Lipinski definition) is 0. The molecule has 0 saturated heterocycles. The Hall–Kier alpha value is -0.830. The van der Waals surface area contributed by atoms with E-state index in [2.05, 4.69) is 0 Å². The van der Waals surface area contributed by atoms with Crippen molar-refractivity contribution >= 4 is 5.91 Å². The Balaban J connectivity index is 3.87. The second-order valence-corrected chi connectivity index (χ2v) is 2.41. The fourth-order valence-corrected chi connectivity index (χ4v) is 0.874. The highest BCUT2D eigenvalue weighted by atomic mass is 16.5. The summed E-state index contributed by atoms with van der Waals surface area (Å²) < 4.78 is 4.88. The van der Waals surface area contributed by atoms with Crippen molar-refractivity contribution in [3.05, 3.63) is 12.2 Å². The van der Waals surface area contributed by atoms with Gasteiger partial charge < -0.3 is 9.64 Å². The van der Waals surface area contributed by atoms with Crippen molar-refractivity contribution in [1.29, 1.82) is 0 Å². The summed E-state index contributed by atoms with van der Waals surface area (Å²) in [6.45, 7) is 5.78. The molecule has 0 radical (unpaired) electrons. The molecule has 0 aromatic carbocycles. The van der Waals surface area contributed by atoms with E-state index in [-0.39, 0.29) is 5.91 Å². The molecule has 0 atom stereocenters. The molecule has 12 heavy (non-hydrogen) atoms. The van der Waals surface area contributed by atoms with Gasteiger partial charge in [-0.1, -0.05) is 6.08 Å². The molecule has 0 aliphatic heterocycles. The SMILES string of the molecule is C/C=C/C(=O)N(CC)CCOC. The molecule has 3 heteroatoms. The fraction of sp³-hybridized carbons (Fsp3) is 0.667. The predicted octanol–water partition coefficient (Wildman–Crippen LogP) is 1.06. The first-order chi connectivity index (χ1) is 5.76. The number of rotatable bonds is 5. The van der Waals surface area contributed by atoms with Crippen molar-refractivity contribution in [3.8, 4) is 0 Å². The lowest BCUT2D eigenvalue weighted by atomic mass is 10.4. The van der Waals surface area contributed by atoms with Crippen LogP contribution in [0.4, 0.5) is 0 Å². The molecule has 0 aromatic heterocycles. The Labute approximate surface area is 74.0 Å². The first-order valence-corrected chi connectivity index (χ1v) is 4.16. The van der Waals surface area contributed by atoms with Crippen LogP contribution in [0.3, 0.4) is 0 Å². The monoisotopic (exact) mass is 171 g/mol. The van der Waals surface area contributed by atoms with Gasteiger partial charge in [-0.2, -0.15) is 0 Å². The molecule has 70 valence electrons. The average Bonchev–Trinajstić information content (AvgIpc) is 2.06. The average molecular weight is 171 g/mol. The van der Waals surface area contributed by atoms with Crippen molar-refractivity contribution in [2.45, 2.75) is 13.8 Å². The van der Waals surface area contributed by atoms with Crippen molar-refractivity contribution in [2.24, 2.45) is 0 Å². The molecule has 0 bridgehead atoms. The highest BCUT2D eigenvalue weighted by Crippen LogP contribution is 1.91. The Kier molecular flexibility index (Phi) is 6.38. The molecule has 0 aliphatic carbocycles. The highest BCUT2D eigenvalue weighted by molar-refractivity contribution is 5.87. The van der Waals surface area contributed by atoms with Crippen LogP contribution in [0.5, 0.6) is 0 Å². The van der Waals surface area contributed by atoms with Crippen molar-refractivity contribution in [3.63, 3.8) is 0 Å². The minimum Gasteiger partial charge on any atom is -0.383 e. The number of allylic oxidation sites excluding steroid dienone is 1. The molecular weight excluding hydrogens is 154 g/mol. The lowest BCUT2D eigenvalue weighted by Crippen LogP contribution is -2.32. The Morgan fingerprint density at radius 3 is 2.67 bits per heavy atom. The molecule has 0 aliphatic rings. The lowest BCUT2D eigenvalue weighted by molar-refractivity contribution is -0.126. The van der Waals surface area contributed by atoms with Crippen molar-refractivity contribution in [1.82, 2.24) is 4.90 Å². The van der Waals surface area contributed by atoms with Crippen LogP contribution >= 0.6 is 0 Å². The number of amides is 1. The minimum atomic E-state index is 0.0528. The van der Waals surface area contributed by atoms with E-state index in [9.17, 15) is 4.79 Å². The lowest BCUT2D eigenvalue weighted by Gasteiger charge is -2.18. The number of methoxy groups -OCH3 is 1. The van der Waals surface area contributed by atoms with E-state index in [4.69, 9.17) is 4.74 Å². The molecule has 0 unspecified atom stereocenters. The third-order valence-electron chi connectivity index (χ3n) is 1.57. The van der Waals surface area contributed by atoms with Crippen LogP contribution in [0.15, 0.2) is 12.2 Å². The van der Waals surface area contributed by atoms with E-state index in [1.54, 1.807) is 24.2 Å². The van der Waals surface area contributed by atoms with Gasteiger partial charge in [0.05, 0.1) is 6.61 Å². The quantitative estimate of drug-likeness (QED) is 0.579. The molecule has 0 fully saturated rings. The maximum Gasteiger partial charge on any atom is 0.246 e. The van der Waals surface area contributed by atoms with Crippen LogP contribution in [0.1, 0.15) is 13.8 Å². The normalized spacial score (nSPS) is 10.6. The van der Waals surface area contributed by atoms with Crippen LogP contribution < -0.4 is 0 Å². The molecule has 1 amide bonds. The van der Waals surface area contributed by atoms with Crippen LogP contribution in [0.2, 0.25) is 0 Å². The second-order valence-electron chi connectivity index (χ2n) is 2.41. The summed E-state index contributed by atoms with van der Waals surface area (Å²) in [4.78, 5) is 13.0.